The lowest BCUT2D eigenvalue weighted by molar-refractivity contribution is -0.135. The number of halogens is 1. The highest BCUT2D eigenvalue weighted by Gasteiger charge is 2.27. The molecule has 1 aliphatic carbocycles. The third-order valence-corrected chi connectivity index (χ3v) is 6.82. The number of benzene rings is 1. The van der Waals surface area contributed by atoms with E-state index in [2.05, 4.69) is 15.3 Å². The van der Waals surface area contributed by atoms with Crippen LogP contribution in [-0.2, 0) is 4.79 Å². The molecule has 0 spiro atoms. The molecule has 3 N–H and O–H groups in total. The van der Waals surface area contributed by atoms with Crippen LogP contribution in [0.25, 0.3) is 22.2 Å². The Morgan fingerprint density at radius 1 is 1.20 bits per heavy atom. The molecule has 0 atom stereocenters. The van der Waals surface area contributed by atoms with Crippen LogP contribution in [0.4, 0.5) is 4.39 Å². The Labute approximate surface area is 202 Å². The second kappa shape index (κ2) is 9.65. The molecular formula is C26H29FN4O4. The van der Waals surface area contributed by atoms with E-state index in [0.29, 0.717) is 72.1 Å². The summed E-state index contributed by atoms with van der Waals surface area (Å²) in [5.74, 6) is 0.262. The summed E-state index contributed by atoms with van der Waals surface area (Å²) in [6, 6.07) is 6.21. The first-order chi connectivity index (χ1) is 16.9. The molecule has 0 unspecified atom stereocenters. The number of aromatic amines is 1. The van der Waals surface area contributed by atoms with Gasteiger partial charge in [-0.2, -0.15) is 0 Å². The Hall–Kier alpha value is -3.46. The average Bonchev–Trinajstić information content (AvgIpc) is 3.62. The summed E-state index contributed by atoms with van der Waals surface area (Å²) in [6.07, 6.45) is 5.16. The van der Waals surface area contributed by atoms with E-state index in [9.17, 15) is 14.0 Å². The van der Waals surface area contributed by atoms with E-state index in [1.54, 1.807) is 23.2 Å². The van der Waals surface area contributed by atoms with Crippen LogP contribution in [0.1, 0.15) is 41.7 Å². The van der Waals surface area contributed by atoms with Crippen molar-refractivity contribution in [3.63, 3.8) is 0 Å². The van der Waals surface area contributed by atoms with E-state index in [4.69, 9.17) is 9.84 Å². The third-order valence-electron chi connectivity index (χ3n) is 6.82. The van der Waals surface area contributed by atoms with Gasteiger partial charge < -0.3 is 25.0 Å². The number of hydrogen-bond acceptors (Lipinski definition) is 5. The first-order valence-corrected chi connectivity index (χ1v) is 12.0. The maximum absolute atomic E-state index is 14.2. The number of aromatic nitrogens is 2. The number of likely N-dealkylation sites (tertiary alicyclic amines) is 1. The lowest BCUT2D eigenvalue weighted by Crippen LogP contribution is -2.47. The second-order valence-electron chi connectivity index (χ2n) is 9.39. The number of pyridine rings is 1. The van der Waals surface area contributed by atoms with Crippen molar-refractivity contribution < 1.29 is 23.8 Å². The van der Waals surface area contributed by atoms with Gasteiger partial charge in [0.2, 0.25) is 5.91 Å². The van der Waals surface area contributed by atoms with Crippen LogP contribution < -0.4 is 10.1 Å². The van der Waals surface area contributed by atoms with Crippen LogP contribution in [0.3, 0.4) is 0 Å². The van der Waals surface area contributed by atoms with Crippen molar-refractivity contribution in [2.45, 2.75) is 38.6 Å². The molecule has 1 saturated heterocycles. The summed E-state index contributed by atoms with van der Waals surface area (Å²) >= 11 is 0. The van der Waals surface area contributed by atoms with Crippen molar-refractivity contribution in [2.75, 3.05) is 26.3 Å². The smallest absolute Gasteiger partial charge is 0.255 e. The molecule has 2 aromatic heterocycles. The normalized spacial score (nSPS) is 16.5. The number of nitrogens with zero attached hydrogens (tertiary/aromatic N) is 2. The number of amides is 2. The number of nitrogens with one attached hydrogen (secondary N) is 2. The van der Waals surface area contributed by atoms with E-state index in [1.807, 2.05) is 6.92 Å². The van der Waals surface area contributed by atoms with Crippen LogP contribution in [0.15, 0.2) is 30.5 Å². The lowest BCUT2D eigenvalue weighted by atomic mass is 10.0. The molecule has 3 aromatic rings. The standard InChI is InChI=1S/C26H29FN4O4/c1-15-23(26(34)30-18-7-10-31(11-8-18)22(33)13-32)25-24(29-15)19(6-9-28-25)20-12-17(27)4-5-21(20)35-14-16-2-3-16/h4-6,9,12,16,18,29,32H,2-3,7-8,10-11,13-14H2,1H3,(H,30,34). The summed E-state index contributed by atoms with van der Waals surface area (Å²) in [7, 11) is 0. The minimum absolute atomic E-state index is 0.0802. The van der Waals surface area contributed by atoms with Crippen molar-refractivity contribution in [1.29, 1.82) is 0 Å². The third kappa shape index (κ3) is 4.86. The number of ether oxygens (including phenoxy) is 1. The van der Waals surface area contributed by atoms with Gasteiger partial charge in [-0.15, -0.1) is 0 Å². The number of aliphatic hydroxyl groups excluding tert-OH is 1. The van der Waals surface area contributed by atoms with Gasteiger partial charge in [0.25, 0.3) is 5.91 Å². The van der Waals surface area contributed by atoms with Gasteiger partial charge in [-0.25, -0.2) is 4.39 Å². The molecule has 9 heteroatoms. The second-order valence-corrected chi connectivity index (χ2v) is 9.39. The van der Waals surface area contributed by atoms with Gasteiger partial charge in [0.1, 0.15) is 23.7 Å². The first-order valence-electron chi connectivity index (χ1n) is 12.0. The number of carbonyl (C=O) groups excluding carboxylic acids is 2. The van der Waals surface area contributed by atoms with Crippen LogP contribution >= 0.6 is 0 Å². The lowest BCUT2D eigenvalue weighted by Gasteiger charge is -2.32. The fourth-order valence-corrected chi connectivity index (χ4v) is 4.67. The molecule has 1 saturated carbocycles. The van der Waals surface area contributed by atoms with Crippen molar-refractivity contribution in [1.82, 2.24) is 20.2 Å². The summed E-state index contributed by atoms with van der Waals surface area (Å²) in [4.78, 5) is 34.3. The van der Waals surface area contributed by atoms with Gasteiger partial charge in [0.15, 0.2) is 0 Å². The maximum atomic E-state index is 14.2. The minimum atomic E-state index is -0.502. The summed E-state index contributed by atoms with van der Waals surface area (Å²) in [5.41, 5.74) is 3.63. The molecule has 2 aliphatic rings. The van der Waals surface area contributed by atoms with Gasteiger partial charge in [0.05, 0.1) is 17.7 Å². The monoisotopic (exact) mass is 480 g/mol. The van der Waals surface area contributed by atoms with Crippen LogP contribution in [0, 0.1) is 18.7 Å². The summed E-state index contributed by atoms with van der Waals surface area (Å²) in [6.45, 7) is 2.90. The zero-order valence-electron chi connectivity index (χ0n) is 19.6. The van der Waals surface area contributed by atoms with Gasteiger partial charge in [-0.3, -0.25) is 14.6 Å². The van der Waals surface area contributed by atoms with Crippen molar-refractivity contribution in [3.8, 4) is 16.9 Å². The number of piperidine rings is 1. The molecule has 1 aromatic carbocycles. The molecule has 3 heterocycles. The Morgan fingerprint density at radius 3 is 2.69 bits per heavy atom. The highest BCUT2D eigenvalue weighted by Crippen LogP contribution is 2.38. The van der Waals surface area contributed by atoms with Crippen LogP contribution in [0.2, 0.25) is 0 Å². The van der Waals surface area contributed by atoms with Crippen molar-refractivity contribution >= 4 is 22.8 Å². The molecule has 0 bridgehead atoms. The molecule has 8 nitrogen and oxygen atoms in total. The molecule has 2 fully saturated rings. The van der Waals surface area contributed by atoms with E-state index in [1.165, 1.54) is 12.1 Å². The van der Waals surface area contributed by atoms with Gasteiger partial charge in [-0.1, -0.05) is 0 Å². The molecule has 5 rings (SSSR count). The average molecular weight is 481 g/mol. The number of fused-ring (bicyclic) bond motifs is 1. The molecular weight excluding hydrogens is 451 g/mol. The van der Waals surface area contributed by atoms with Crippen LogP contribution in [0.5, 0.6) is 5.75 Å². The van der Waals surface area contributed by atoms with Crippen LogP contribution in [-0.4, -0.2) is 64.1 Å². The Bertz CT molecular complexity index is 1260. The van der Waals surface area contributed by atoms with E-state index in [0.717, 1.165) is 18.4 Å². The minimum Gasteiger partial charge on any atom is -0.493 e. The molecule has 1 aliphatic heterocycles. The number of carbonyl (C=O) groups is 2. The van der Waals surface area contributed by atoms with Crippen molar-refractivity contribution in [2.24, 2.45) is 5.92 Å². The molecule has 35 heavy (non-hydrogen) atoms. The number of aliphatic hydroxyl groups is 1. The Kier molecular flexibility index (Phi) is 6.42. The first kappa shape index (κ1) is 23.3. The number of hydrogen-bond donors (Lipinski definition) is 3. The zero-order valence-corrected chi connectivity index (χ0v) is 19.6. The van der Waals surface area contributed by atoms with Gasteiger partial charge in [-0.05, 0) is 62.8 Å². The fraction of sp³-hybridized carbons (Fsp3) is 0.423. The van der Waals surface area contributed by atoms with Crippen molar-refractivity contribution in [3.05, 3.63) is 47.5 Å². The Morgan fingerprint density at radius 2 is 1.97 bits per heavy atom. The quantitative estimate of drug-likeness (QED) is 0.482. The summed E-state index contributed by atoms with van der Waals surface area (Å²) in [5, 5.41) is 12.1. The maximum Gasteiger partial charge on any atom is 0.255 e. The highest BCUT2D eigenvalue weighted by atomic mass is 19.1. The predicted molar refractivity (Wildman–Crippen MR) is 129 cm³/mol. The SMILES string of the molecule is Cc1[nH]c2c(-c3cc(F)ccc3OCC3CC3)ccnc2c1C(=O)NC1CCN(C(=O)CO)CC1. The van der Waals surface area contributed by atoms with E-state index >= 15 is 0 Å². The molecule has 0 radical (unpaired) electrons. The number of aryl methyl sites for hydroxylation is 1. The van der Waals surface area contributed by atoms with E-state index < -0.39 is 6.61 Å². The number of rotatable bonds is 7. The molecule has 2 amide bonds. The zero-order chi connectivity index (χ0) is 24.5. The summed E-state index contributed by atoms with van der Waals surface area (Å²) < 4.78 is 20.2. The number of H-pyrrole nitrogens is 1. The van der Waals surface area contributed by atoms with E-state index in [-0.39, 0.29) is 23.7 Å². The highest BCUT2D eigenvalue weighted by molar-refractivity contribution is 6.09. The fourth-order valence-electron chi connectivity index (χ4n) is 4.67. The van der Waals surface area contributed by atoms with Gasteiger partial charge >= 0.3 is 0 Å². The predicted octanol–water partition coefficient (Wildman–Crippen LogP) is 3.18. The molecule has 184 valence electrons. The topological polar surface area (TPSA) is 108 Å². The largest absolute Gasteiger partial charge is 0.493 e. The Balaban J connectivity index is 1.41. The van der Waals surface area contributed by atoms with Gasteiger partial charge in [0, 0.05) is 42.1 Å².